The normalized spacial score (nSPS) is 31.3. The van der Waals surface area contributed by atoms with E-state index in [2.05, 4.69) is 16.2 Å². The van der Waals surface area contributed by atoms with Crippen LogP contribution in [-0.4, -0.2) is 41.9 Å². The van der Waals surface area contributed by atoms with Crippen LogP contribution in [0.4, 0.5) is 8.78 Å². The molecular formula is C24H25Cl2F2N3O5. The molecule has 3 atom stereocenters. The Kier molecular flexibility index (Phi) is 7.01. The molecule has 6 rings (SSSR count). The highest BCUT2D eigenvalue weighted by Gasteiger charge is 2.59. The van der Waals surface area contributed by atoms with Crippen molar-refractivity contribution in [1.29, 1.82) is 0 Å². The van der Waals surface area contributed by atoms with E-state index in [0.717, 1.165) is 6.07 Å². The number of ether oxygens (including phenoxy) is 3. The Labute approximate surface area is 216 Å². The van der Waals surface area contributed by atoms with Crippen molar-refractivity contribution in [3.8, 4) is 11.5 Å². The summed E-state index contributed by atoms with van der Waals surface area (Å²) in [5.41, 5.74) is 4.78. The maximum Gasteiger partial charge on any atom is 0.273 e. The average Bonchev–Trinajstić information content (AvgIpc) is 3.32. The smallest absolute Gasteiger partial charge is 0.273 e. The van der Waals surface area contributed by atoms with Crippen molar-refractivity contribution >= 4 is 29.1 Å². The Morgan fingerprint density at radius 1 is 1.06 bits per heavy atom. The average molecular weight is 544 g/mol. The maximum atomic E-state index is 13.7. The van der Waals surface area contributed by atoms with Gasteiger partial charge in [0.1, 0.15) is 29.4 Å². The SMILES string of the molecule is O=C(COc1ccc(Cl)c(F)c1)NC12CCC(C3NNC(Oc4ccc(Cl)c(F)c4)O3)(CC1)C(O)C2. The fourth-order valence-corrected chi connectivity index (χ4v) is 5.55. The third kappa shape index (κ3) is 4.98. The summed E-state index contributed by atoms with van der Waals surface area (Å²) in [5, 5.41) is 14.1. The van der Waals surface area contributed by atoms with Crippen LogP contribution in [0.25, 0.3) is 0 Å². The summed E-state index contributed by atoms with van der Waals surface area (Å²) in [5.74, 6) is -1.14. The van der Waals surface area contributed by atoms with Gasteiger partial charge in [-0.2, -0.15) is 5.43 Å². The van der Waals surface area contributed by atoms with E-state index in [-0.39, 0.29) is 34.1 Å². The van der Waals surface area contributed by atoms with E-state index in [0.29, 0.717) is 32.1 Å². The highest BCUT2D eigenvalue weighted by atomic mass is 35.5. The molecule has 3 saturated carbocycles. The zero-order valence-electron chi connectivity index (χ0n) is 19.0. The second kappa shape index (κ2) is 9.92. The number of amides is 1. The molecule has 1 heterocycles. The van der Waals surface area contributed by atoms with Crippen LogP contribution in [0.3, 0.4) is 0 Å². The number of rotatable bonds is 7. The van der Waals surface area contributed by atoms with Gasteiger partial charge in [0.15, 0.2) is 6.61 Å². The van der Waals surface area contributed by atoms with Crippen LogP contribution < -0.4 is 25.6 Å². The van der Waals surface area contributed by atoms with Gasteiger partial charge < -0.3 is 24.6 Å². The standard InChI is InChI=1S/C24H25Cl2F2N3O5/c25-15-3-1-13(9-17(15)27)34-12-20(33)29-23-5-7-24(8-6-23,19(32)11-23)21-30-31-22(36-21)35-14-2-4-16(26)18(28)10-14/h1-4,9-10,19,21-22,30-32H,5-8,11-12H2,(H,29,33). The first kappa shape index (κ1) is 25.4. The van der Waals surface area contributed by atoms with Crippen LogP contribution in [0.1, 0.15) is 32.1 Å². The molecule has 2 bridgehead atoms. The minimum Gasteiger partial charge on any atom is -0.484 e. The minimum absolute atomic E-state index is 0.00825. The number of benzene rings is 2. The summed E-state index contributed by atoms with van der Waals surface area (Å²) >= 11 is 11.4. The largest absolute Gasteiger partial charge is 0.484 e. The molecule has 36 heavy (non-hydrogen) atoms. The summed E-state index contributed by atoms with van der Waals surface area (Å²) in [6, 6.07) is 8.05. The van der Waals surface area contributed by atoms with E-state index in [9.17, 15) is 18.7 Å². The molecule has 2 aromatic carbocycles. The molecule has 2 aromatic rings. The van der Waals surface area contributed by atoms with Gasteiger partial charge in [-0.25, -0.2) is 14.2 Å². The van der Waals surface area contributed by atoms with Crippen LogP contribution in [0.5, 0.6) is 11.5 Å². The predicted octanol–water partition coefficient (Wildman–Crippen LogP) is 3.64. The molecule has 4 aliphatic rings. The zero-order valence-corrected chi connectivity index (χ0v) is 20.5. The third-order valence-electron chi connectivity index (χ3n) is 7.30. The van der Waals surface area contributed by atoms with E-state index < -0.39 is 41.3 Å². The Morgan fingerprint density at radius 3 is 2.33 bits per heavy atom. The number of aliphatic hydroxyl groups is 1. The van der Waals surface area contributed by atoms with Crippen molar-refractivity contribution in [2.75, 3.05) is 6.61 Å². The molecular weight excluding hydrogens is 519 g/mol. The number of hydrazine groups is 1. The van der Waals surface area contributed by atoms with Crippen molar-refractivity contribution in [1.82, 2.24) is 16.2 Å². The van der Waals surface area contributed by atoms with E-state index in [4.69, 9.17) is 37.4 Å². The molecule has 4 fully saturated rings. The van der Waals surface area contributed by atoms with E-state index in [1.165, 1.54) is 30.3 Å². The molecule has 3 unspecified atom stereocenters. The number of fused-ring (bicyclic) bond motifs is 3. The van der Waals surface area contributed by atoms with Gasteiger partial charge >= 0.3 is 0 Å². The van der Waals surface area contributed by atoms with E-state index >= 15 is 0 Å². The zero-order chi connectivity index (χ0) is 25.5. The maximum absolute atomic E-state index is 13.7. The van der Waals surface area contributed by atoms with Gasteiger partial charge in [-0.15, -0.1) is 0 Å². The molecule has 1 saturated heterocycles. The van der Waals surface area contributed by atoms with Gasteiger partial charge in [-0.3, -0.25) is 4.79 Å². The first-order valence-electron chi connectivity index (χ1n) is 11.5. The van der Waals surface area contributed by atoms with Crippen molar-refractivity contribution in [3.05, 3.63) is 58.1 Å². The summed E-state index contributed by atoms with van der Waals surface area (Å²) < 4.78 is 44.3. The van der Waals surface area contributed by atoms with E-state index in [1.54, 1.807) is 0 Å². The quantitative estimate of drug-likeness (QED) is 0.423. The van der Waals surface area contributed by atoms with Crippen molar-refractivity contribution in [2.45, 2.75) is 56.4 Å². The van der Waals surface area contributed by atoms with Crippen LogP contribution in [0.2, 0.25) is 10.0 Å². The molecule has 8 nitrogen and oxygen atoms in total. The number of carbonyl (C=O) groups is 1. The molecule has 0 spiro atoms. The van der Waals surface area contributed by atoms with Gasteiger partial charge in [0.25, 0.3) is 12.3 Å². The van der Waals surface area contributed by atoms with Crippen molar-refractivity contribution < 1.29 is 32.9 Å². The number of aliphatic hydroxyl groups excluding tert-OH is 1. The Bertz CT molecular complexity index is 1150. The van der Waals surface area contributed by atoms with Crippen LogP contribution in [-0.2, 0) is 9.53 Å². The monoisotopic (exact) mass is 543 g/mol. The van der Waals surface area contributed by atoms with Gasteiger partial charge in [-0.05, 0) is 56.4 Å². The second-order valence-corrected chi connectivity index (χ2v) is 10.3. The number of hydrogen-bond donors (Lipinski definition) is 4. The van der Waals surface area contributed by atoms with E-state index in [1.807, 2.05) is 0 Å². The van der Waals surface area contributed by atoms with Gasteiger partial charge in [0.2, 0.25) is 0 Å². The minimum atomic E-state index is -0.889. The molecule has 1 amide bonds. The molecule has 0 radical (unpaired) electrons. The summed E-state index contributed by atoms with van der Waals surface area (Å²) in [4.78, 5) is 12.6. The van der Waals surface area contributed by atoms with Crippen LogP contribution >= 0.6 is 23.2 Å². The first-order valence-corrected chi connectivity index (χ1v) is 12.3. The van der Waals surface area contributed by atoms with Crippen LogP contribution in [0, 0.1) is 17.0 Å². The van der Waals surface area contributed by atoms with Crippen molar-refractivity contribution in [3.63, 3.8) is 0 Å². The number of carbonyl (C=O) groups excluding carboxylic acids is 1. The Morgan fingerprint density at radius 2 is 1.69 bits per heavy atom. The molecule has 1 aliphatic heterocycles. The van der Waals surface area contributed by atoms with Gasteiger partial charge in [0, 0.05) is 23.1 Å². The molecule has 0 aromatic heterocycles. The lowest BCUT2D eigenvalue weighted by atomic mass is 9.55. The Hall–Kier alpha value is -2.21. The fraction of sp³-hybridized carbons (Fsp3) is 0.458. The fourth-order valence-electron chi connectivity index (χ4n) is 5.31. The topological polar surface area (TPSA) is 101 Å². The number of halogens is 4. The molecule has 3 aliphatic carbocycles. The first-order chi connectivity index (χ1) is 17.2. The Balaban J connectivity index is 1.15. The summed E-state index contributed by atoms with van der Waals surface area (Å²) in [6.45, 7) is -0.286. The van der Waals surface area contributed by atoms with Gasteiger partial charge in [-0.1, -0.05) is 23.2 Å². The highest BCUT2D eigenvalue weighted by Crippen LogP contribution is 2.54. The molecule has 12 heteroatoms. The lowest BCUT2D eigenvalue weighted by Gasteiger charge is -2.57. The number of hydrogen-bond acceptors (Lipinski definition) is 7. The second-order valence-electron chi connectivity index (χ2n) is 9.48. The summed E-state index contributed by atoms with van der Waals surface area (Å²) in [6.07, 6.45) is 0.633. The van der Waals surface area contributed by atoms with Crippen LogP contribution in [0.15, 0.2) is 36.4 Å². The summed E-state index contributed by atoms with van der Waals surface area (Å²) in [7, 11) is 0. The van der Waals surface area contributed by atoms with Crippen molar-refractivity contribution in [2.24, 2.45) is 5.41 Å². The molecule has 4 N–H and O–H groups in total. The third-order valence-corrected chi connectivity index (χ3v) is 7.91. The number of nitrogens with one attached hydrogen (secondary N) is 3. The highest BCUT2D eigenvalue weighted by molar-refractivity contribution is 6.31. The predicted molar refractivity (Wildman–Crippen MR) is 126 cm³/mol. The lowest BCUT2D eigenvalue weighted by molar-refractivity contribution is -0.192. The lowest BCUT2D eigenvalue weighted by Crippen LogP contribution is -2.66. The van der Waals surface area contributed by atoms with Gasteiger partial charge in [0.05, 0.1) is 16.1 Å². The molecule has 194 valence electrons.